The lowest BCUT2D eigenvalue weighted by molar-refractivity contribution is -0.136. The molecule has 0 atom stereocenters. The molecule has 4 rings (SSSR count). The Bertz CT molecular complexity index is 1010. The molecule has 2 aliphatic rings. The van der Waals surface area contributed by atoms with Gasteiger partial charge in [0.15, 0.2) is 5.13 Å². The van der Waals surface area contributed by atoms with Gasteiger partial charge in [-0.2, -0.15) is 4.31 Å². The van der Waals surface area contributed by atoms with Crippen molar-refractivity contribution in [3.8, 4) is 0 Å². The molecule has 0 aliphatic carbocycles. The fourth-order valence-electron chi connectivity index (χ4n) is 4.28. The summed E-state index contributed by atoms with van der Waals surface area (Å²) in [5.41, 5.74) is 2.06. The van der Waals surface area contributed by atoms with Crippen LogP contribution in [0.15, 0.2) is 34.5 Å². The van der Waals surface area contributed by atoms with E-state index in [1.807, 2.05) is 30.9 Å². The number of thiazole rings is 1. The van der Waals surface area contributed by atoms with E-state index in [-0.39, 0.29) is 11.8 Å². The van der Waals surface area contributed by atoms with Gasteiger partial charge in [0.1, 0.15) is 0 Å². The van der Waals surface area contributed by atoms with Crippen molar-refractivity contribution in [2.75, 3.05) is 44.2 Å². The molecule has 0 unspecified atom stereocenters. The molecular formula is C22H30N4O3S2. The quantitative estimate of drug-likeness (QED) is 0.699. The van der Waals surface area contributed by atoms with E-state index in [0.717, 1.165) is 42.4 Å². The molecule has 3 heterocycles. The topological polar surface area (TPSA) is 73.8 Å². The summed E-state index contributed by atoms with van der Waals surface area (Å²) in [6, 6.07) is 6.96. The number of rotatable bonds is 4. The van der Waals surface area contributed by atoms with Crippen molar-refractivity contribution in [1.82, 2.24) is 14.2 Å². The second kappa shape index (κ2) is 9.26. The monoisotopic (exact) mass is 462 g/mol. The lowest BCUT2D eigenvalue weighted by atomic mass is 9.96. The Hall–Kier alpha value is -1.97. The molecular weight excluding hydrogens is 432 g/mol. The molecule has 1 aromatic carbocycles. The molecule has 0 N–H and O–H groups in total. The number of carbonyl (C=O) groups is 1. The van der Waals surface area contributed by atoms with Crippen LogP contribution in [0, 0.1) is 19.8 Å². The van der Waals surface area contributed by atoms with Gasteiger partial charge in [-0.05, 0) is 45.2 Å². The summed E-state index contributed by atoms with van der Waals surface area (Å²) in [7, 11) is -3.50. The lowest BCUT2D eigenvalue weighted by Crippen LogP contribution is -2.45. The van der Waals surface area contributed by atoms with E-state index in [0.29, 0.717) is 37.4 Å². The second-order valence-corrected chi connectivity index (χ2v) is 11.2. The fourth-order valence-corrected chi connectivity index (χ4v) is 6.60. The summed E-state index contributed by atoms with van der Waals surface area (Å²) in [4.78, 5) is 22.3. The van der Waals surface area contributed by atoms with Crippen LogP contribution >= 0.6 is 11.3 Å². The highest BCUT2D eigenvalue weighted by molar-refractivity contribution is 7.89. The van der Waals surface area contributed by atoms with Gasteiger partial charge in [-0.1, -0.05) is 17.7 Å². The Morgan fingerprint density at radius 1 is 1.00 bits per heavy atom. The van der Waals surface area contributed by atoms with E-state index < -0.39 is 10.0 Å². The summed E-state index contributed by atoms with van der Waals surface area (Å²) in [5, 5.41) is 3.09. The van der Waals surface area contributed by atoms with Crippen molar-refractivity contribution >= 4 is 32.4 Å². The van der Waals surface area contributed by atoms with Crippen molar-refractivity contribution in [3.63, 3.8) is 0 Å². The first kappa shape index (κ1) is 22.2. The lowest BCUT2D eigenvalue weighted by Gasteiger charge is -2.33. The van der Waals surface area contributed by atoms with Gasteiger partial charge < -0.3 is 9.80 Å². The average molecular weight is 463 g/mol. The Labute approximate surface area is 188 Å². The summed E-state index contributed by atoms with van der Waals surface area (Å²) < 4.78 is 27.4. The maximum absolute atomic E-state index is 13.1. The third-order valence-corrected chi connectivity index (χ3v) is 9.08. The minimum absolute atomic E-state index is 0.0990. The number of aryl methyl sites for hydroxylation is 2. The summed E-state index contributed by atoms with van der Waals surface area (Å²) in [6.07, 6.45) is 2.08. The van der Waals surface area contributed by atoms with E-state index in [4.69, 9.17) is 0 Å². The molecule has 0 saturated carbocycles. The Balaban J connectivity index is 1.33. The molecule has 1 aromatic heterocycles. The molecule has 9 heteroatoms. The minimum atomic E-state index is -3.50. The molecule has 1 amide bonds. The maximum Gasteiger partial charge on any atom is 0.243 e. The number of anilines is 1. The predicted molar refractivity (Wildman–Crippen MR) is 123 cm³/mol. The summed E-state index contributed by atoms with van der Waals surface area (Å²) in [6.45, 7) is 7.87. The molecule has 168 valence electrons. The SMILES string of the molecule is Cc1ccc(S(=O)(=O)N2CCC(C(=O)N3CCCN(c4nc(C)cs4)CC3)CC2)cc1. The van der Waals surface area contributed by atoms with E-state index in [9.17, 15) is 13.2 Å². The molecule has 0 spiro atoms. The fraction of sp³-hybridized carbons (Fsp3) is 0.545. The van der Waals surface area contributed by atoms with Gasteiger partial charge in [0, 0.05) is 50.6 Å². The van der Waals surface area contributed by atoms with Crippen molar-refractivity contribution in [2.24, 2.45) is 5.92 Å². The van der Waals surface area contributed by atoms with Gasteiger partial charge in [-0.25, -0.2) is 13.4 Å². The second-order valence-electron chi connectivity index (χ2n) is 8.43. The van der Waals surface area contributed by atoms with Crippen LogP contribution in [0.5, 0.6) is 0 Å². The summed E-state index contributed by atoms with van der Waals surface area (Å²) >= 11 is 1.65. The zero-order valence-corrected chi connectivity index (χ0v) is 19.8. The Morgan fingerprint density at radius 2 is 1.71 bits per heavy atom. The molecule has 0 radical (unpaired) electrons. The number of sulfonamides is 1. The average Bonchev–Trinajstić information content (AvgIpc) is 3.05. The standard InChI is InChI=1S/C22H30N4O3S2/c1-17-4-6-20(7-5-17)31(28,29)26-12-8-19(9-13-26)21(27)24-10-3-11-25(15-14-24)22-23-18(2)16-30-22/h4-7,16,19H,3,8-15H2,1-2H3. The van der Waals surface area contributed by atoms with Crippen LogP contribution in [-0.2, 0) is 14.8 Å². The smallest absolute Gasteiger partial charge is 0.243 e. The van der Waals surface area contributed by atoms with Crippen LogP contribution in [0.2, 0.25) is 0 Å². The number of aromatic nitrogens is 1. The first-order valence-electron chi connectivity index (χ1n) is 10.9. The molecule has 0 bridgehead atoms. The van der Waals surface area contributed by atoms with Crippen LogP contribution in [0.4, 0.5) is 5.13 Å². The third-order valence-electron chi connectivity index (χ3n) is 6.15. The van der Waals surface area contributed by atoms with Gasteiger partial charge >= 0.3 is 0 Å². The van der Waals surface area contributed by atoms with Crippen LogP contribution in [-0.4, -0.2) is 67.8 Å². The van der Waals surface area contributed by atoms with Gasteiger partial charge in [-0.15, -0.1) is 11.3 Å². The normalized spacial score (nSPS) is 19.4. The minimum Gasteiger partial charge on any atom is -0.346 e. The van der Waals surface area contributed by atoms with Crippen molar-refractivity contribution in [2.45, 2.75) is 38.0 Å². The zero-order valence-electron chi connectivity index (χ0n) is 18.2. The van der Waals surface area contributed by atoms with Gasteiger partial charge in [0.05, 0.1) is 10.6 Å². The number of nitrogens with zero attached hydrogens (tertiary/aromatic N) is 4. The zero-order chi connectivity index (χ0) is 22.0. The first-order chi connectivity index (χ1) is 14.8. The van der Waals surface area contributed by atoms with Crippen LogP contribution in [0.25, 0.3) is 0 Å². The van der Waals surface area contributed by atoms with Gasteiger partial charge in [0.2, 0.25) is 15.9 Å². The molecule has 7 nitrogen and oxygen atoms in total. The summed E-state index contributed by atoms with van der Waals surface area (Å²) in [5.74, 6) is 0.0719. The maximum atomic E-state index is 13.1. The third kappa shape index (κ3) is 4.94. The van der Waals surface area contributed by atoms with E-state index in [1.54, 1.807) is 23.5 Å². The molecule has 2 fully saturated rings. The number of hydrogen-bond donors (Lipinski definition) is 0. The number of hydrogen-bond acceptors (Lipinski definition) is 6. The molecule has 2 saturated heterocycles. The van der Waals surface area contributed by atoms with E-state index in [1.165, 1.54) is 4.31 Å². The van der Waals surface area contributed by atoms with E-state index in [2.05, 4.69) is 15.3 Å². The van der Waals surface area contributed by atoms with Crippen molar-refractivity contribution in [1.29, 1.82) is 0 Å². The van der Waals surface area contributed by atoms with Gasteiger partial charge in [0.25, 0.3) is 0 Å². The number of piperidine rings is 1. The highest BCUT2D eigenvalue weighted by Crippen LogP contribution is 2.27. The van der Waals surface area contributed by atoms with Crippen LogP contribution < -0.4 is 4.90 Å². The van der Waals surface area contributed by atoms with Crippen LogP contribution in [0.1, 0.15) is 30.5 Å². The largest absolute Gasteiger partial charge is 0.346 e. The number of carbonyl (C=O) groups excluding carboxylic acids is 1. The number of benzene rings is 1. The molecule has 2 aliphatic heterocycles. The molecule has 2 aromatic rings. The van der Waals surface area contributed by atoms with Crippen LogP contribution in [0.3, 0.4) is 0 Å². The highest BCUT2D eigenvalue weighted by Gasteiger charge is 2.34. The van der Waals surface area contributed by atoms with Crippen molar-refractivity contribution < 1.29 is 13.2 Å². The highest BCUT2D eigenvalue weighted by atomic mass is 32.2. The molecule has 31 heavy (non-hydrogen) atoms. The Morgan fingerprint density at radius 3 is 2.35 bits per heavy atom. The first-order valence-corrected chi connectivity index (χ1v) is 13.2. The Kier molecular flexibility index (Phi) is 6.64. The number of amides is 1. The predicted octanol–water partition coefficient (Wildman–Crippen LogP) is 2.90. The van der Waals surface area contributed by atoms with E-state index >= 15 is 0 Å². The van der Waals surface area contributed by atoms with Gasteiger partial charge in [-0.3, -0.25) is 4.79 Å². The van der Waals surface area contributed by atoms with Crippen molar-refractivity contribution in [3.05, 3.63) is 40.9 Å².